The number of pyridine rings is 1. The third-order valence-electron chi connectivity index (χ3n) is 3.36. The number of rotatable bonds is 7. The average Bonchev–Trinajstić information content (AvgIpc) is 2.59. The minimum atomic E-state index is 0.559. The maximum atomic E-state index is 5.08. The van der Waals surface area contributed by atoms with Crippen molar-refractivity contribution in [1.82, 2.24) is 15.0 Å². The Labute approximate surface area is 135 Å². The van der Waals surface area contributed by atoms with Crippen LogP contribution in [0, 0.1) is 0 Å². The molecule has 0 spiro atoms. The highest BCUT2D eigenvalue weighted by Gasteiger charge is 2.07. The first-order chi connectivity index (χ1) is 11.4. The van der Waals surface area contributed by atoms with E-state index in [4.69, 9.17) is 4.74 Å². The van der Waals surface area contributed by atoms with Gasteiger partial charge in [0, 0.05) is 43.7 Å². The summed E-state index contributed by atoms with van der Waals surface area (Å²) in [6.07, 6.45) is 4.38. The van der Waals surface area contributed by atoms with Crippen LogP contribution in [0.1, 0.15) is 6.42 Å². The number of ether oxygens (including phenoxy) is 1. The first kappa shape index (κ1) is 15.2. The molecule has 0 atom stereocenters. The zero-order chi connectivity index (χ0) is 15.9. The first-order valence-corrected chi connectivity index (χ1v) is 7.53. The van der Waals surface area contributed by atoms with Gasteiger partial charge in [0.1, 0.15) is 5.82 Å². The van der Waals surface area contributed by atoms with Gasteiger partial charge in [-0.25, -0.2) is 4.98 Å². The van der Waals surface area contributed by atoms with E-state index >= 15 is 0 Å². The molecule has 0 amide bonds. The van der Waals surface area contributed by atoms with Gasteiger partial charge in [-0.15, -0.1) is 0 Å². The van der Waals surface area contributed by atoms with Gasteiger partial charge in [-0.1, -0.05) is 12.1 Å². The molecule has 3 rings (SSSR count). The van der Waals surface area contributed by atoms with Gasteiger partial charge in [0.25, 0.3) is 0 Å². The number of hydrogen-bond acceptors (Lipinski definition) is 6. The lowest BCUT2D eigenvalue weighted by molar-refractivity contribution is 0.198. The molecule has 6 heteroatoms. The lowest BCUT2D eigenvalue weighted by Gasteiger charge is -2.11. The van der Waals surface area contributed by atoms with Crippen LogP contribution in [-0.4, -0.2) is 35.2 Å². The van der Waals surface area contributed by atoms with Gasteiger partial charge >= 0.3 is 0 Å². The lowest BCUT2D eigenvalue weighted by Crippen LogP contribution is -2.08. The number of hydrogen-bond donors (Lipinski definition) is 2. The Morgan fingerprint density at radius 3 is 2.70 bits per heavy atom. The van der Waals surface area contributed by atoms with Gasteiger partial charge < -0.3 is 15.4 Å². The Bertz CT molecular complexity index is 763. The van der Waals surface area contributed by atoms with E-state index < -0.39 is 0 Å². The van der Waals surface area contributed by atoms with E-state index in [1.54, 1.807) is 19.5 Å². The molecular weight excluding hydrogens is 290 g/mol. The molecule has 0 bridgehead atoms. The summed E-state index contributed by atoms with van der Waals surface area (Å²) in [6, 6.07) is 11.7. The van der Waals surface area contributed by atoms with Gasteiger partial charge in [-0.2, -0.15) is 4.98 Å². The van der Waals surface area contributed by atoms with Crippen LogP contribution in [0.5, 0.6) is 0 Å². The van der Waals surface area contributed by atoms with Crippen molar-refractivity contribution < 1.29 is 4.74 Å². The number of methoxy groups -OCH3 is 1. The predicted molar refractivity (Wildman–Crippen MR) is 92.0 cm³/mol. The van der Waals surface area contributed by atoms with E-state index in [9.17, 15) is 0 Å². The zero-order valence-corrected chi connectivity index (χ0v) is 13.0. The molecule has 2 heterocycles. The molecular formula is C17H19N5O. The largest absolute Gasteiger partial charge is 0.385 e. The van der Waals surface area contributed by atoms with Crippen molar-refractivity contribution in [3.05, 3.63) is 48.8 Å². The van der Waals surface area contributed by atoms with Crippen LogP contribution < -0.4 is 10.6 Å². The van der Waals surface area contributed by atoms with Crippen molar-refractivity contribution >= 4 is 28.4 Å². The molecule has 6 nitrogen and oxygen atoms in total. The Kier molecular flexibility index (Phi) is 4.95. The fourth-order valence-corrected chi connectivity index (χ4v) is 2.25. The molecule has 1 aromatic carbocycles. The number of nitrogens with zero attached hydrogens (tertiary/aromatic N) is 3. The first-order valence-electron chi connectivity index (χ1n) is 7.53. The number of anilines is 3. The lowest BCUT2D eigenvalue weighted by atomic mass is 10.2. The Hall–Kier alpha value is -2.73. The van der Waals surface area contributed by atoms with Crippen LogP contribution in [0.15, 0.2) is 48.8 Å². The molecule has 0 fully saturated rings. The summed E-state index contributed by atoms with van der Waals surface area (Å²) in [7, 11) is 1.71. The molecule has 2 aromatic heterocycles. The van der Waals surface area contributed by atoms with Crippen LogP contribution in [-0.2, 0) is 4.74 Å². The van der Waals surface area contributed by atoms with Gasteiger partial charge in [0.05, 0.1) is 5.52 Å². The Morgan fingerprint density at radius 2 is 1.87 bits per heavy atom. The number of fused-ring (bicyclic) bond motifs is 1. The van der Waals surface area contributed by atoms with Gasteiger partial charge in [0.2, 0.25) is 5.95 Å². The molecule has 2 N–H and O–H groups in total. The summed E-state index contributed by atoms with van der Waals surface area (Å²) in [4.78, 5) is 13.2. The van der Waals surface area contributed by atoms with Crippen molar-refractivity contribution in [3.8, 4) is 0 Å². The summed E-state index contributed by atoms with van der Waals surface area (Å²) in [5.74, 6) is 1.38. The minimum Gasteiger partial charge on any atom is -0.385 e. The fourth-order valence-electron chi connectivity index (χ4n) is 2.25. The smallest absolute Gasteiger partial charge is 0.229 e. The van der Waals surface area contributed by atoms with Crippen molar-refractivity contribution in [3.63, 3.8) is 0 Å². The van der Waals surface area contributed by atoms with Crippen molar-refractivity contribution in [2.75, 3.05) is 30.9 Å². The third-order valence-corrected chi connectivity index (χ3v) is 3.36. The van der Waals surface area contributed by atoms with Crippen LogP contribution >= 0.6 is 0 Å². The van der Waals surface area contributed by atoms with Crippen molar-refractivity contribution in [2.24, 2.45) is 0 Å². The standard InChI is InChI=1S/C17H19N5O/c1-23-12-4-9-19-16-14-5-2-3-6-15(14)21-17(22-16)20-13-7-10-18-11-8-13/h2-3,5-8,10-11H,4,9,12H2,1H3,(H2,18,19,20,21,22). The third kappa shape index (κ3) is 3.92. The van der Waals surface area contributed by atoms with E-state index in [2.05, 4.69) is 25.6 Å². The van der Waals surface area contributed by atoms with E-state index in [-0.39, 0.29) is 0 Å². The Morgan fingerprint density at radius 1 is 1.04 bits per heavy atom. The summed E-state index contributed by atoms with van der Waals surface area (Å²) >= 11 is 0. The molecule has 0 saturated heterocycles. The quantitative estimate of drug-likeness (QED) is 0.653. The van der Waals surface area contributed by atoms with Crippen LogP contribution in [0.2, 0.25) is 0 Å². The molecule has 118 valence electrons. The van der Waals surface area contributed by atoms with E-state index in [1.807, 2.05) is 36.4 Å². The summed E-state index contributed by atoms with van der Waals surface area (Å²) in [5, 5.41) is 7.58. The molecule has 0 radical (unpaired) electrons. The predicted octanol–water partition coefficient (Wildman–Crippen LogP) is 3.22. The molecule has 0 aliphatic heterocycles. The van der Waals surface area contributed by atoms with Gasteiger partial charge in [-0.3, -0.25) is 4.98 Å². The normalized spacial score (nSPS) is 10.7. The van der Waals surface area contributed by atoms with Crippen molar-refractivity contribution in [2.45, 2.75) is 6.42 Å². The van der Waals surface area contributed by atoms with Gasteiger partial charge in [-0.05, 0) is 30.7 Å². The topological polar surface area (TPSA) is 72.0 Å². The summed E-state index contributed by atoms with van der Waals surface area (Å²) in [6.45, 7) is 1.52. The molecule has 0 aliphatic rings. The van der Waals surface area contributed by atoms with Crippen molar-refractivity contribution in [1.29, 1.82) is 0 Å². The van der Waals surface area contributed by atoms with E-state index in [1.165, 1.54) is 0 Å². The summed E-state index contributed by atoms with van der Waals surface area (Å²) < 4.78 is 5.08. The zero-order valence-electron chi connectivity index (χ0n) is 13.0. The number of nitrogens with one attached hydrogen (secondary N) is 2. The number of benzene rings is 1. The SMILES string of the molecule is COCCCNc1nc(Nc2ccncc2)nc2ccccc12. The number of para-hydroxylation sites is 1. The van der Waals surface area contributed by atoms with Crippen LogP contribution in [0.3, 0.4) is 0 Å². The molecule has 23 heavy (non-hydrogen) atoms. The van der Waals surface area contributed by atoms with E-state index in [0.29, 0.717) is 5.95 Å². The summed E-state index contributed by atoms with van der Waals surface area (Å²) in [5.41, 5.74) is 1.80. The second-order valence-electron chi connectivity index (χ2n) is 5.05. The van der Waals surface area contributed by atoms with Crippen LogP contribution in [0.25, 0.3) is 10.9 Å². The van der Waals surface area contributed by atoms with E-state index in [0.717, 1.165) is 42.0 Å². The highest BCUT2D eigenvalue weighted by Crippen LogP contribution is 2.23. The second kappa shape index (κ2) is 7.51. The minimum absolute atomic E-state index is 0.559. The maximum absolute atomic E-state index is 5.08. The molecule has 0 aliphatic carbocycles. The monoisotopic (exact) mass is 309 g/mol. The highest BCUT2D eigenvalue weighted by molar-refractivity contribution is 5.90. The molecule has 0 saturated carbocycles. The fraction of sp³-hybridized carbons (Fsp3) is 0.235. The van der Waals surface area contributed by atoms with Gasteiger partial charge in [0.15, 0.2) is 0 Å². The molecule has 3 aromatic rings. The second-order valence-corrected chi connectivity index (χ2v) is 5.05. The molecule has 0 unspecified atom stereocenters. The highest BCUT2D eigenvalue weighted by atomic mass is 16.5. The Balaban J connectivity index is 1.87. The van der Waals surface area contributed by atoms with Crippen LogP contribution in [0.4, 0.5) is 17.5 Å². The maximum Gasteiger partial charge on any atom is 0.229 e. The average molecular weight is 309 g/mol. The number of aromatic nitrogens is 3.